The molecule has 2 heterocycles. The minimum Gasteiger partial charge on any atom is -0.383 e. The van der Waals surface area contributed by atoms with E-state index in [1.165, 1.54) is 0 Å². The molecule has 0 spiro atoms. The molecule has 2 aromatic rings. The molecule has 0 aliphatic carbocycles. The molecular formula is C10H13ClN4. The summed E-state index contributed by atoms with van der Waals surface area (Å²) in [5.74, 6) is 0.485. The second-order valence-corrected chi connectivity index (χ2v) is 4.25. The van der Waals surface area contributed by atoms with Gasteiger partial charge in [0.2, 0.25) is 0 Å². The van der Waals surface area contributed by atoms with E-state index in [0.29, 0.717) is 10.8 Å². The smallest absolute Gasteiger partial charge is 0.134 e. The SMILES string of the molecule is Cc1nn(C(C)C)c2c(Cl)cnc(N)c12. The zero-order chi connectivity index (χ0) is 11.2. The van der Waals surface area contributed by atoms with Gasteiger partial charge in [0.15, 0.2) is 0 Å². The van der Waals surface area contributed by atoms with Gasteiger partial charge in [0.25, 0.3) is 0 Å². The van der Waals surface area contributed by atoms with Gasteiger partial charge in [0.05, 0.1) is 27.8 Å². The predicted octanol–water partition coefficient (Wildman–Crippen LogP) is 2.56. The Hall–Kier alpha value is -1.29. The molecule has 15 heavy (non-hydrogen) atoms. The van der Waals surface area contributed by atoms with Crippen LogP contribution >= 0.6 is 11.6 Å². The molecule has 80 valence electrons. The molecule has 0 bridgehead atoms. The summed E-state index contributed by atoms with van der Waals surface area (Å²) >= 11 is 6.11. The normalized spacial score (nSPS) is 11.5. The van der Waals surface area contributed by atoms with Gasteiger partial charge in [-0.3, -0.25) is 4.68 Å². The van der Waals surface area contributed by atoms with Crippen LogP contribution in [0.2, 0.25) is 5.02 Å². The lowest BCUT2D eigenvalue weighted by Gasteiger charge is -2.08. The molecule has 0 radical (unpaired) electrons. The molecular weight excluding hydrogens is 212 g/mol. The van der Waals surface area contributed by atoms with E-state index in [9.17, 15) is 0 Å². The van der Waals surface area contributed by atoms with E-state index in [0.717, 1.165) is 16.6 Å². The number of nitrogens with zero attached hydrogens (tertiary/aromatic N) is 3. The highest BCUT2D eigenvalue weighted by Gasteiger charge is 2.15. The lowest BCUT2D eigenvalue weighted by Crippen LogP contribution is -2.03. The van der Waals surface area contributed by atoms with Crippen molar-refractivity contribution in [2.75, 3.05) is 5.73 Å². The van der Waals surface area contributed by atoms with Gasteiger partial charge in [-0.2, -0.15) is 5.10 Å². The molecule has 2 aromatic heterocycles. The monoisotopic (exact) mass is 224 g/mol. The summed E-state index contributed by atoms with van der Waals surface area (Å²) < 4.78 is 1.88. The second kappa shape index (κ2) is 3.38. The molecule has 0 aromatic carbocycles. The van der Waals surface area contributed by atoms with Crippen molar-refractivity contribution in [3.05, 3.63) is 16.9 Å². The van der Waals surface area contributed by atoms with Crippen LogP contribution in [-0.4, -0.2) is 14.8 Å². The van der Waals surface area contributed by atoms with Crippen molar-refractivity contribution in [2.24, 2.45) is 0 Å². The molecule has 5 heteroatoms. The number of hydrogen-bond acceptors (Lipinski definition) is 3. The van der Waals surface area contributed by atoms with Gasteiger partial charge in [-0.1, -0.05) is 11.6 Å². The summed E-state index contributed by atoms with van der Waals surface area (Å²) in [5.41, 5.74) is 7.56. The van der Waals surface area contributed by atoms with Crippen LogP contribution in [0.5, 0.6) is 0 Å². The van der Waals surface area contributed by atoms with Crippen LogP contribution in [-0.2, 0) is 0 Å². The Labute approximate surface area is 93.0 Å². The molecule has 0 aliphatic rings. The standard InChI is InChI=1S/C10H13ClN4/c1-5(2)15-9-7(11)4-13-10(12)8(9)6(3)14-15/h4-5H,1-3H3,(H2,12,13). The maximum Gasteiger partial charge on any atom is 0.134 e. The molecule has 0 saturated carbocycles. The quantitative estimate of drug-likeness (QED) is 0.810. The fourth-order valence-electron chi connectivity index (χ4n) is 1.71. The summed E-state index contributed by atoms with van der Waals surface area (Å²) in [4.78, 5) is 4.03. The summed E-state index contributed by atoms with van der Waals surface area (Å²) in [7, 11) is 0. The second-order valence-electron chi connectivity index (χ2n) is 3.84. The number of fused-ring (bicyclic) bond motifs is 1. The number of aryl methyl sites for hydroxylation is 1. The van der Waals surface area contributed by atoms with Crippen molar-refractivity contribution in [1.29, 1.82) is 0 Å². The van der Waals surface area contributed by atoms with E-state index >= 15 is 0 Å². The molecule has 4 nitrogen and oxygen atoms in total. The average Bonchev–Trinajstić information content (AvgIpc) is 2.51. The van der Waals surface area contributed by atoms with Crippen molar-refractivity contribution >= 4 is 28.3 Å². The van der Waals surface area contributed by atoms with Gasteiger partial charge in [-0.15, -0.1) is 0 Å². The zero-order valence-corrected chi connectivity index (χ0v) is 9.71. The third-order valence-electron chi connectivity index (χ3n) is 2.37. The van der Waals surface area contributed by atoms with Gasteiger partial charge in [0.1, 0.15) is 5.82 Å². The molecule has 0 fully saturated rings. The minimum atomic E-state index is 0.250. The highest BCUT2D eigenvalue weighted by Crippen LogP contribution is 2.30. The number of rotatable bonds is 1. The van der Waals surface area contributed by atoms with Crippen LogP contribution in [0.15, 0.2) is 6.20 Å². The van der Waals surface area contributed by atoms with E-state index < -0.39 is 0 Å². The number of anilines is 1. The van der Waals surface area contributed by atoms with Crippen LogP contribution < -0.4 is 5.73 Å². The van der Waals surface area contributed by atoms with Gasteiger partial charge in [-0.05, 0) is 20.8 Å². The number of nitrogen functional groups attached to an aromatic ring is 1. The lowest BCUT2D eigenvalue weighted by atomic mass is 10.2. The van der Waals surface area contributed by atoms with Crippen molar-refractivity contribution in [1.82, 2.24) is 14.8 Å². The molecule has 2 N–H and O–H groups in total. The fourth-order valence-corrected chi connectivity index (χ4v) is 1.94. The Kier molecular flexibility index (Phi) is 2.31. The van der Waals surface area contributed by atoms with Crippen molar-refractivity contribution < 1.29 is 0 Å². The number of halogens is 1. The summed E-state index contributed by atoms with van der Waals surface area (Å²) in [6.07, 6.45) is 1.57. The summed E-state index contributed by atoms with van der Waals surface area (Å²) in [5, 5.41) is 5.87. The third-order valence-corrected chi connectivity index (χ3v) is 2.65. The van der Waals surface area contributed by atoms with E-state index in [1.54, 1.807) is 6.20 Å². The Morgan fingerprint density at radius 1 is 1.47 bits per heavy atom. The van der Waals surface area contributed by atoms with Crippen molar-refractivity contribution in [2.45, 2.75) is 26.8 Å². The molecule has 0 aliphatic heterocycles. The van der Waals surface area contributed by atoms with Crippen LogP contribution in [0.4, 0.5) is 5.82 Å². The molecule has 0 unspecified atom stereocenters. The number of aromatic nitrogens is 3. The van der Waals surface area contributed by atoms with E-state index in [1.807, 2.05) is 11.6 Å². The van der Waals surface area contributed by atoms with Crippen LogP contribution in [0.25, 0.3) is 10.9 Å². The number of nitrogens with two attached hydrogens (primary N) is 1. The fraction of sp³-hybridized carbons (Fsp3) is 0.400. The first-order chi connectivity index (χ1) is 7.02. The van der Waals surface area contributed by atoms with E-state index in [-0.39, 0.29) is 6.04 Å². The first kappa shape index (κ1) is 10.2. The van der Waals surface area contributed by atoms with E-state index in [2.05, 4.69) is 23.9 Å². The summed E-state index contributed by atoms with van der Waals surface area (Å²) in [6, 6.07) is 0.250. The summed E-state index contributed by atoms with van der Waals surface area (Å²) in [6.45, 7) is 6.02. The molecule has 0 amide bonds. The Morgan fingerprint density at radius 2 is 2.13 bits per heavy atom. The number of pyridine rings is 1. The van der Waals surface area contributed by atoms with Crippen LogP contribution in [0.3, 0.4) is 0 Å². The molecule has 0 atom stereocenters. The highest BCUT2D eigenvalue weighted by molar-refractivity contribution is 6.35. The van der Waals surface area contributed by atoms with Gasteiger partial charge in [-0.25, -0.2) is 4.98 Å². The maximum absolute atomic E-state index is 6.11. The molecule has 2 rings (SSSR count). The first-order valence-electron chi connectivity index (χ1n) is 4.81. The maximum atomic E-state index is 6.11. The van der Waals surface area contributed by atoms with Crippen molar-refractivity contribution in [3.63, 3.8) is 0 Å². The first-order valence-corrected chi connectivity index (χ1v) is 5.19. The Morgan fingerprint density at radius 3 is 2.73 bits per heavy atom. The van der Waals surface area contributed by atoms with Crippen LogP contribution in [0.1, 0.15) is 25.6 Å². The minimum absolute atomic E-state index is 0.250. The largest absolute Gasteiger partial charge is 0.383 e. The van der Waals surface area contributed by atoms with Gasteiger partial charge < -0.3 is 5.73 Å². The van der Waals surface area contributed by atoms with E-state index in [4.69, 9.17) is 17.3 Å². The highest BCUT2D eigenvalue weighted by atomic mass is 35.5. The third kappa shape index (κ3) is 1.45. The average molecular weight is 225 g/mol. The lowest BCUT2D eigenvalue weighted by molar-refractivity contribution is 0.547. The van der Waals surface area contributed by atoms with Gasteiger partial charge in [0, 0.05) is 6.04 Å². The van der Waals surface area contributed by atoms with Crippen molar-refractivity contribution in [3.8, 4) is 0 Å². The Balaban J connectivity index is 2.92. The topological polar surface area (TPSA) is 56.7 Å². The molecule has 0 saturated heterocycles. The van der Waals surface area contributed by atoms with Gasteiger partial charge >= 0.3 is 0 Å². The predicted molar refractivity (Wildman–Crippen MR) is 62.1 cm³/mol. The van der Waals surface area contributed by atoms with Crippen LogP contribution in [0, 0.1) is 6.92 Å². The zero-order valence-electron chi connectivity index (χ0n) is 8.95. The Bertz CT molecular complexity index is 516. The number of hydrogen-bond donors (Lipinski definition) is 1.